The van der Waals surface area contributed by atoms with Crippen LogP contribution < -0.4 is 15.4 Å². The van der Waals surface area contributed by atoms with Gasteiger partial charge in [-0.05, 0) is 42.8 Å². The predicted molar refractivity (Wildman–Crippen MR) is 87.3 cm³/mol. The van der Waals surface area contributed by atoms with Gasteiger partial charge in [-0.2, -0.15) is 0 Å². The van der Waals surface area contributed by atoms with Crippen LogP contribution in [0.15, 0.2) is 40.9 Å². The molecule has 21 heavy (non-hydrogen) atoms. The summed E-state index contributed by atoms with van der Waals surface area (Å²) >= 11 is 3.45. The predicted octanol–water partition coefficient (Wildman–Crippen LogP) is 3.81. The van der Waals surface area contributed by atoms with Crippen molar-refractivity contribution in [3.63, 3.8) is 0 Å². The first-order valence-corrected chi connectivity index (χ1v) is 7.51. The summed E-state index contributed by atoms with van der Waals surface area (Å²) in [6, 6.07) is 11.2. The summed E-state index contributed by atoms with van der Waals surface area (Å²) in [5, 5.41) is 6.14. The van der Waals surface area contributed by atoms with Gasteiger partial charge in [0.05, 0.1) is 11.3 Å². The number of carbonyl (C=O) groups excluding carboxylic acids is 1. The molecule has 0 aromatic heterocycles. The maximum Gasteiger partial charge on any atom is 0.259 e. The lowest BCUT2D eigenvalue weighted by Crippen LogP contribution is -2.21. The van der Waals surface area contributed by atoms with Gasteiger partial charge >= 0.3 is 0 Å². The summed E-state index contributed by atoms with van der Waals surface area (Å²) in [6.45, 7) is 3.30. The highest BCUT2D eigenvalue weighted by Gasteiger charge is 2.19. The van der Waals surface area contributed by atoms with Crippen LogP contribution >= 0.6 is 15.9 Å². The Morgan fingerprint density at radius 2 is 2.19 bits per heavy atom. The second-order valence-corrected chi connectivity index (χ2v) is 5.73. The Morgan fingerprint density at radius 1 is 1.33 bits per heavy atom. The molecular weight excluding hydrogens is 332 g/mol. The lowest BCUT2D eigenvalue weighted by atomic mass is 10.1. The van der Waals surface area contributed by atoms with Gasteiger partial charge in [0.25, 0.3) is 5.91 Å². The molecule has 0 fully saturated rings. The van der Waals surface area contributed by atoms with E-state index in [1.165, 1.54) is 0 Å². The molecule has 1 heterocycles. The van der Waals surface area contributed by atoms with Crippen LogP contribution in [-0.2, 0) is 0 Å². The Bertz CT molecular complexity index is 701. The number of para-hydroxylation sites is 1. The zero-order chi connectivity index (χ0) is 14.8. The molecule has 1 aliphatic heterocycles. The zero-order valence-electron chi connectivity index (χ0n) is 11.6. The molecule has 0 radical (unpaired) electrons. The summed E-state index contributed by atoms with van der Waals surface area (Å²) in [5.74, 6) is 0.451. The van der Waals surface area contributed by atoms with E-state index in [0.29, 0.717) is 17.9 Å². The van der Waals surface area contributed by atoms with E-state index >= 15 is 0 Å². The number of benzene rings is 2. The fraction of sp³-hybridized carbons (Fsp3) is 0.188. The van der Waals surface area contributed by atoms with Gasteiger partial charge in [-0.25, -0.2) is 0 Å². The molecule has 2 N–H and O–H groups in total. The summed E-state index contributed by atoms with van der Waals surface area (Å²) in [4.78, 5) is 12.5. The maximum absolute atomic E-state index is 12.5. The second-order valence-electron chi connectivity index (χ2n) is 4.88. The van der Waals surface area contributed by atoms with E-state index in [2.05, 4.69) is 26.6 Å². The molecule has 0 unspecified atom stereocenters. The SMILES string of the molecule is Cc1cc(NC(=O)c2cccc3c2OCCN3)ccc1Br. The quantitative estimate of drug-likeness (QED) is 0.869. The summed E-state index contributed by atoms with van der Waals surface area (Å²) in [6.07, 6.45) is 0. The molecule has 0 bridgehead atoms. The molecule has 0 saturated heterocycles. The van der Waals surface area contributed by atoms with E-state index in [-0.39, 0.29) is 5.91 Å². The topological polar surface area (TPSA) is 50.4 Å². The molecule has 3 rings (SSSR count). The molecule has 0 saturated carbocycles. The Labute approximate surface area is 131 Å². The van der Waals surface area contributed by atoms with Crippen molar-refractivity contribution in [2.45, 2.75) is 6.92 Å². The largest absolute Gasteiger partial charge is 0.489 e. The Kier molecular flexibility index (Phi) is 3.84. The van der Waals surface area contributed by atoms with Crippen molar-refractivity contribution in [3.8, 4) is 5.75 Å². The highest BCUT2D eigenvalue weighted by atomic mass is 79.9. The van der Waals surface area contributed by atoms with Crippen molar-refractivity contribution >= 4 is 33.2 Å². The van der Waals surface area contributed by atoms with Crippen molar-refractivity contribution in [3.05, 3.63) is 52.0 Å². The number of hydrogen-bond donors (Lipinski definition) is 2. The summed E-state index contributed by atoms with van der Waals surface area (Å²) < 4.78 is 6.64. The lowest BCUT2D eigenvalue weighted by molar-refractivity contribution is 0.102. The van der Waals surface area contributed by atoms with E-state index < -0.39 is 0 Å². The van der Waals surface area contributed by atoms with Crippen LogP contribution in [0.1, 0.15) is 15.9 Å². The first-order chi connectivity index (χ1) is 10.1. The van der Waals surface area contributed by atoms with E-state index in [9.17, 15) is 4.79 Å². The molecule has 2 aromatic rings. The van der Waals surface area contributed by atoms with Gasteiger partial charge in [0.1, 0.15) is 6.61 Å². The van der Waals surface area contributed by atoms with Gasteiger partial charge in [0.15, 0.2) is 5.75 Å². The number of fused-ring (bicyclic) bond motifs is 1. The molecule has 1 aliphatic rings. The van der Waals surface area contributed by atoms with Crippen LogP contribution in [0.3, 0.4) is 0 Å². The van der Waals surface area contributed by atoms with Crippen LogP contribution in [-0.4, -0.2) is 19.1 Å². The third-order valence-corrected chi connectivity index (χ3v) is 4.23. The lowest BCUT2D eigenvalue weighted by Gasteiger charge is -2.21. The van der Waals surface area contributed by atoms with E-state index in [0.717, 1.165) is 28.0 Å². The molecule has 4 nitrogen and oxygen atoms in total. The number of amides is 1. The van der Waals surface area contributed by atoms with E-state index in [1.807, 2.05) is 37.3 Å². The van der Waals surface area contributed by atoms with Crippen LogP contribution in [0.25, 0.3) is 0 Å². The number of aryl methyl sites for hydroxylation is 1. The molecule has 0 atom stereocenters. The third-order valence-electron chi connectivity index (χ3n) is 3.34. The number of rotatable bonds is 2. The van der Waals surface area contributed by atoms with Crippen molar-refractivity contribution in [1.82, 2.24) is 0 Å². The number of anilines is 2. The minimum Gasteiger partial charge on any atom is -0.489 e. The summed E-state index contributed by atoms with van der Waals surface area (Å²) in [5.41, 5.74) is 3.24. The normalized spacial score (nSPS) is 12.9. The van der Waals surface area contributed by atoms with E-state index in [1.54, 1.807) is 6.07 Å². The van der Waals surface area contributed by atoms with Crippen LogP contribution in [0.4, 0.5) is 11.4 Å². The molecular formula is C16H15BrN2O2. The third kappa shape index (κ3) is 2.88. The minimum absolute atomic E-state index is 0.169. The standard InChI is InChI=1S/C16H15BrN2O2/c1-10-9-11(5-6-13(10)17)19-16(20)12-3-2-4-14-15(12)21-8-7-18-14/h2-6,9,18H,7-8H2,1H3,(H,19,20). The number of ether oxygens (including phenoxy) is 1. The molecule has 5 heteroatoms. The van der Waals surface area contributed by atoms with Gasteiger partial charge in [-0.15, -0.1) is 0 Å². The first-order valence-electron chi connectivity index (χ1n) is 6.72. The maximum atomic E-state index is 12.5. The smallest absolute Gasteiger partial charge is 0.259 e. The molecule has 108 valence electrons. The van der Waals surface area contributed by atoms with Gasteiger partial charge in [0.2, 0.25) is 0 Å². The highest BCUT2D eigenvalue weighted by Crippen LogP contribution is 2.31. The van der Waals surface area contributed by atoms with Gasteiger partial charge < -0.3 is 15.4 Å². The Morgan fingerprint density at radius 3 is 3.00 bits per heavy atom. The van der Waals surface area contributed by atoms with Crippen molar-refractivity contribution in [2.75, 3.05) is 23.8 Å². The van der Waals surface area contributed by atoms with Gasteiger partial charge in [-0.3, -0.25) is 4.79 Å². The number of carbonyl (C=O) groups is 1. The summed E-state index contributed by atoms with van der Waals surface area (Å²) in [7, 11) is 0. The van der Waals surface area contributed by atoms with Gasteiger partial charge in [0, 0.05) is 16.7 Å². The minimum atomic E-state index is -0.169. The van der Waals surface area contributed by atoms with Gasteiger partial charge in [-0.1, -0.05) is 22.0 Å². The Hall–Kier alpha value is -2.01. The van der Waals surface area contributed by atoms with Crippen LogP contribution in [0.5, 0.6) is 5.75 Å². The molecule has 2 aromatic carbocycles. The first kappa shape index (κ1) is 13.9. The number of nitrogens with one attached hydrogen (secondary N) is 2. The molecule has 1 amide bonds. The fourth-order valence-corrected chi connectivity index (χ4v) is 2.52. The second kappa shape index (κ2) is 5.77. The Balaban J connectivity index is 1.87. The zero-order valence-corrected chi connectivity index (χ0v) is 13.2. The number of halogens is 1. The van der Waals surface area contributed by atoms with Crippen LogP contribution in [0.2, 0.25) is 0 Å². The highest BCUT2D eigenvalue weighted by molar-refractivity contribution is 9.10. The van der Waals surface area contributed by atoms with Crippen molar-refractivity contribution < 1.29 is 9.53 Å². The fourth-order valence-electron chi connectivity index (χ4n) is 2.27. The average molecular weight is 347 g/mol. The number of hydrogen-bond acceptors (Lipinski definition) is 3. The van der Waals surface area contributed by atoms with Crippen molar-refractivity contribution in [1.29, 1.82) is 0 Å². The monoisotopic (exact) mass is 346 g/mol. The molecule has 0 aliphatic carbocycles. The van der Waals surface area contributed by atoms with Crippen molar-refractivity contribution in [2.24, 2.45) is 0 Å². The van der Waals surface area contributed by atoms with Crippen LogP contribution in [0, 0.1) is 6.92 Å². The van der Waals surface area contributed by atoms with E-state index in [4.69, 9.17) is 4.74 Å². The molecule has 0 spiro atoms. The average Bonchev–Trinajstić information content (AvgIpc) is 2.50.